The van der Waals surface area contributed by atoms with Crippen LogP contribution in [0.3, 0.4) is 0 Å². The first-order valence-electron chi connectivity index (χ1n) is 13.5. The molecule has 0 saturated heterocycles. The Morgan fingerprint density at radius 1 is 1.05 bits per heavy atom. The van der Waals surface area contributed by atoms with Gasteiger partial charge in [0.25, 0.3) is 0 Å². The van der Waals surface area contributed by atoms with E-state index >= 15 is 0 Å². The molecule has 5 rings (SSSR count). The zero-order valence-corrected chi connectivity index (χ0v) is 22.3. The standard InChI is InChI=1S/C27H32N2O4.C4H8/c1-27-16-15-23(27)29(26(32)33-18-19-8-3-2-4-9-19)22-11-6-5-10-21(22)25(27)28(20-13-14-20)17-7-12-24(30)31;1-3-4-2/h2-6,8-11,20,23,25H,7,12-18H2,1H3,(H,30,31);3-4H,1-2H3/b;4-3-. The SMILES string of the molecule is C/C=C\C.CC12CCC1N(C(=O)OCc1ccccc1)c1ccccc1C2N(CCCC(=O)O)C1CC1. The highest BCUT2D eigenvalue weighted by Gasteiger charge is 2.59. The molecule has 2 aliphatic carbocycles. The molecule has 0 aromatic heterocycles. The van der Waals surface area contributed by atoms with Gasteiger partial charge in [0.2, 0.25) is 0 Å². The number of hydrogen-bond acceptors (Lipinski definition) is 4. The monoisotopic (exact) mass is 504 g/mol. The van der Waals surface area contributed by atoms with Crippen LogP contribution in [0.15, 0.2) is 66.7 Å². The van der Waals surface area contributed by atoms with E-state index in [1.165, 1.54) is 0 Å². The maximum Gasteiger partial charge on any atom is 0.414 e. The Bertz CT molecular complexity index is 1090. The van der Waals surface area contributed by atoms with E-state index in [0.717, 1.165) is 49.0 Å². The Hall–Kier alpha value is -3.12. The molecule has 2 aromatic rings. The van der Waals surface area contributed by atoms with Crippen molar-refractivity contribution in [2.45, 2.75) is 84.0 Å². The number of rotatable bonds is 8. The maximum absolute atomic E-state index is 13.4. The maximum atomic E-state index is 13.4. The molecule has 1 amide bonds. The summed E-state index contributed by atoms with van der Waals surface area (Å²) in [4.78, 5) is 28.9. The minimum absolute atomic E-state index is 0.0774. The van der Waals surface area contributed by atoms with Crippen molar-refractivity contribution >= 4 is 17.7 Å². The zero-order valence-electron chi connectivity index (χ0n) is 22.3. The highest BCUT2D eigenvalue weighted by Crippen LogP contribution is 2.61. The smallest absolute Gasteiger partial charge is 0.414 e. The number of para-hydroxylation sites is 1. The topological polar surface area (TPSA) is 70.1 Å². The largest absolute Gasteiger partial charge is 0.481 e. The summed E-state index contributed by atoms with van der Waals surface area (Å²) in [6, 6.07) is 18.8. The van der Waals surface area contributed by atoms with Gasteiger partial charge in [-0.2, -0.15) is 0 Å². The summed E-state index contributed by atoms with van der Waals surface area (Å²) in [5.74, 6) is -0.741. The highest BCUT2D eigenvalue weighted by atomic mass is 16.6. The number of nitrogens with zero attached hydrogens (tertiary/aromatic N) is 2. The summed E-state index contributed by atoms with van der Waals surface area (Å²) in [5.41, 5.74) is 3.00. The van der Waals surface area contributed by atoms with Gasteiger partial charge in [0.05, 0.1) is 5.69 Å². The van der Waals surface area contributed by atoms with E-state index in [1.807, 2.05) is 79.4 Å². The lowest BCUT2D eigenvalue weighted by atomic mass is 9.56. The molecule has 3 unspecified atom stereocenters. The van der Waals surface area contributed by atoms with E-state index in [9.17, 15) is 9.59 Å². The number of hydrogen-bond donors (Lipinski definition) is 1. The van der Waals surface area contributed by atoms with Gasteiger partial charge < -0.3 is 9.84 Å². The number of benzene rings is 2. The molecule has 6 nitrogen and oxygen atoms in total. The van der Waals surface area contributed by atoms with Crippen LogP contribution in [0.5, 0.6) is 0 Å². The Morgan fingerprint density at radius 3 is 2.32 bits per heavy atom. The minimum Gasteiger partial charge on any atom is -0.481 e. The lowest BCUT2D eigenvalue weighted by molar-refractivity contribution is -0.137. The molecule has 3 aliphatic rings. The second-order valence-electron chi connectivity index (χ2n) is 10.6. The first kappa shape index (κ1) is 26.9. The van der Waals surface area contributed by atoms with Gasteiger partial charge in [-0.05, 0) is 69.7 Å². The van der Waals surface area contributed by atoms with Crippen molar-refractivity contribution in [2.75, 3.05) is 11.4 Å². The molecule has 1 N–H and O–H groups in total. The van der Waals surface area contributed by atoms with Crippen LogP contribution >= 0.6 is 0 Å². The fraction of sp³-hybridized carbons (Fsp3) is 0.484. The van der Waals surface area contributed by atoms with Crippen LogP contribution in [-0.4, -0.2) is 40.7 Å². The average molecular weight is 505 g/mol. The molecule has 0 bridgehead atoms. The number of ether oxygens (including phenoxy) is 1. The first-order valence-corrected chi connectivity index (χ1v) is 13.5. The van der Waals surface area contributed by atoms with Crippen LogP contribution in [0, 0.1) is 5.41 Å². The van der Waals surface area contributed by atoms with E-state index < -0.39 is 5.97 Å². The van der Waals surface area contributed by atoms with Crippen molar-refractivity contribution in [2.24, 2.45) is 5.41 Å². The molecule has 3 atom stereocenters. The molecular weight excluding hydrogens is 464 g/mol. The third kappa shape index (κ3) is 5.90. The number of amides is 1. The van der Waals surface area contributed by atoms with E-state index in [0.29, 0.717) is 12.5 Å². The third-order valence-electron chi connectivity index (χ3n) is 8.03. The van der Waals surface area contributed by atoms with Crippen molar-refractivity contribution in [1.82, 2.24) is 4.90 Å². The lowest BCUT2D eigenvalue weighted by Crippen LogP contribution is -2.64. The molecule has 198 valence electrons. The van der Waals surface area contributed by atoms with Crippen LogP contribution in [0.2, 0.25) is 0 Å². The predicted molar refractivity (Wildman–Crippen MR) is 147 cm³/mol. The van der Waals surface area contributed by atoms with Gasteiger partial charge in [-0.1, -0.05) is 67.6 Å². The van der Waals surface area contributed by atoms with E-state index in [1.54, 1.807) is 0 Å². The first-order chi connectivity index (χ1) is 17.9. The van der Waals surface area contributed by atoms with Gasteiger partial charge >= 0.3 is 12.1 Å². The van der Waals surface area contributed by atoms with Gasteiger partial charge in [-0.15, -0.1) is 0 Å². The number of carboxylic acids is 1. The van der Waals surface area contributed by atoms with Crippen LogP contribution in [0.25, 0.3) is 0 Å². The van der Waals surface area contributed by atoms with Crippen LogP contribution < -0.4 is 4.90 Å². The van der Waals surface area contributed by atoms with Crippen molar-refractivity contribution < 1.29 is 19.4 Å². The van der Waals surface area contributed by atoms with Crippen molar-refractivity contribution in [3.8, 4) is 0 Å². The summed E-state index contributed by atoms with van der Waals surface area (Å²) < 4.78 is 5.78. The Kier molecular flexibility index (Phi) is 8.70. The van der Waals surface area contributed by atoms with Gasteiger partial charge in [0, 0.05) is 30.0 Å². The normalized spacial score (nSPS) is 23.9. The van der Waals surface area contributed by atoms with E-state index in [-0.39, 0.29) is 36.6 Å². The molecule has 6 heteroatoms. The number of fused-ring (bicyclic) bond motifs is 2. The summed E-state index contributed by atoms with van der Waals surface area (Å²) in [6.07, 6.45) is 8.87. The van der Waals surface area contributed by atoms with Crippen LogP contribution in [-0.2, 0) is 16.1 Å². The number of carbonyl (C=O) groups is 2. The molecule has 2 aromatic carbocycles. The number of aliphatic carboxylic acids is 1. The summed E-state index contributed by atoms with van der Waals surface area (Å²) >= 11 is 0. The number of anilines is 1. The fourth-order valence-corrected chi connectivity index (χ4v) is 5.85. The lowest BCUT2D eigenvalue weighted by Gasteiger charge is -2.61. The number of carboxylic acid groups (broad SMARTS) is 1. The second-order valence-corrected chi connectivity index (χ2v) is 10.6. The van der Waals surface area contributed by atoms with E-state index in [4.69, 9.17) is 9.84 Å². The predicted octanol–water partition coefficient (Wildman–Crippen LogP) is 6.96. The average Bonchev–Trinajstić information content (AvgIpc) is 3.74. The van der Waals surface area contributed by atoms with Gasteiger partial charge in [0.1, 0.15) is 6.61 Å². The van der Waals surface area contributed by atoms with E-state index in [2.05, 4.69) is 17.9 Å². The second kappa shape index (κ2) is 12.0. The third-order valence-corrected chi connectivity index (χ3v) is 8.03. The Balaban J connectivity index is 0.000000747. The van der Waals surface area contributed by atoms with Crippen LogP contribution in [0.1, 0.15) is 76.5 Å². The zero-order chi connectivity index (χ0) is 26.4. The van der Waals surface area contributed by atoms with Crippen LogP contribution in [0.4, 0.5) is 10.5 Å². The van der Waals surface area contributed by atoms with Gasteiger partial charge in [-0.25, -0.2) is 4.79 Å². The van der Waals surface area contributed by atoms with Crippen molar-refractivity contribution in [3.63, 3.8) is 0 Å². The quantitative estimate of drug-likeness (QED) is 0.393. The molecule has 0 radical (unpaired) electrons. The minimum atomic E-state index is -0.741. The summed E-state index contributed by atoms with van der Waals surface area (Å²) in [7, 11) is 0. The summed E-state index contributed by atoms with van der Waals surface area (Å²) in [6.45, 7) is 7.33. The Morgan fingerprint density at radius 2 is 1.73 bits per heavy atom. The van der Waals surface area contributed by atoms with Gasteiger partial charge in [-0.3, -0.25) is 14.6 Å². The molecule has 2 saturated carbocycles. The fourth-order valence-electron chi connectivity index (χ4n) is 5.85. The molecule has 1 aliphatic heterocycles. The molecular formula is C31H40N2O4. The number of carbonyl (C=O) groups excluding carboxylic acids is 1. The number of allylic oxidation sites excluding steroid dienone is 2. The molecule has 1 heterocycles. The molecule has 37 heavy (non-hydrogen) atoms. The van der Waals surface area contributed by atoms with Gasteiger partial charge in [0.15, 0.2) is 0 Å². The highest BCUT2D eigenvalue weighted by molar-refractivity contribution is 5.91. The summed E-state index contributed by atoms with van der Waals surface area (Å²) in [5, 5.41) is 9.16. The van der Waals surface area contributed by atoms with Crippen molar-refractivity contribution in [1.29, 1.82) is 0 Å². The Labute approximate surface area is 220 Å². The molecule has 0 spiro atoms. The van der Waals surface area contributed by atoms with Crippen molar-refractivity contribution in [3.05, 3.63) is 77.9 Å². The molecule has 2 fully saturated rings.